The van der Waals surface area contributed by atoms with Gasteiger partial charge in [0.2, 0.25) is 5.91 Å². The molecule has 7 heteroatoms. The number of hydrogen-bond acceptors (Lipinski definition) is 3. The fourth-order valence-corrected chi connectivity index (χ4v) is 3.23. The van der Waals surface area contributed by atoms with Gasteiger partial charge in [0, 0.05) is 26.9 Å². The van der Waals surface area contributed by atoms with Gasteiger partial charge in [-0.1, -0.05) is 17.7 Å². The van der Waals surface area contributed by atoms with Gasteiger partial charge in [0.25, 0.3) is 5.91 Å². The first-order valence-corrected chi connectivity index (χ1v) is 9.71. The summed E-state index contributed by atoms with van der Waals surface area (Å²) < 4.78 is 13.0. The van der Waals surface area contributed by atoms with Gasteiger partial charge in [0.15, 0.2) is 0 Å². The molecule has 0 heterocycles. The van der Waals surface area contributed by atoms with E-state index in [0.29, 0.717) is 22.0 Å². The van der Waals surface area contributed by atoms with Crippen molar-refractivity contribution in [3.8, 4) is 0 Å². The van der Waals surface area contributed by atoms with Crippen LogP contribution >= 0.6 is 23.4 Å². The molecule has 0 aromatic heterocycles. The molecule has 0 spiro atoms. The van der Waals surface area contributed by atoms with Crippen LogP contribution in [0.4, 0.5) is 15.8 Å². The number of rotatable bonds is 6. The molecule has 0 aliphatic heterocycles. The first-order valence-electron chi connectivity index (χ1n) is 8.35. The zero-order chi connectivity index (χ0) is 19.9. The Morgan fingerprint density at radius 3 is 2.32 bits per heavy atom. The Hall–Kier alpha value is -2.83. The highest BCUT2D eigenvalue weighted by molar-refractivity contribution is 8.00. The highest BCUT2D eigenvalue weighted by Crippen LogP contribution is 2.22. The van der Waals surface area contributed by atoms with E-state index in [9.17, 15) is 14.0 Å². The van der Waals surface area contributed by atoms with E-state index in [1.54, 1.807) is 42.5 Å². The number of hydrogen-bond donors (Lipinski definition) is 2. The number of amides is 2. The minimum absolute atomic E-state index is 0.145. The molecule has 0 fully saturated rings. The molecule has 0 bridgehead atoms. The molecule has 0 aliphatic rings. The van der Waals surface area contributed by atoms with Crippen LogP contribution in [-0.4, -0.2) is 17.6 Å². The maximum atomic E-state index is 13.0. The summed E-state index contributed by atoms with van der Waals surface area (Å²) in [6, 6.07) is 19.4. The lowest BCUT2D eigenvalue weighted by Gasteiger charge is -2.08. The zero-order valence-electron chi connectivity index (χ0n) is 14.6. The number of nitrogens with one attached hydrogen (secondary N) is 2. The van der Waals surface area contributed by atoms with Crippen LogP contribution in [0.25, 0.3) is 0 Å². The van der Waals surface area contributed by atoms with Crippen molar-refractivity contribution >= 4 is 46.6 Å². The van der Waals surface area contributed by atoms with Crippen LogP contribution in [0.5, 0.6) is 0 Å². The summed E-state index contributed by atoms with van der Waals surface area (Å²) in [4.78, 5) is 25.1. The summed E-state index contributed by atoms with van der Waals surface area (Å²) in [5.74, 6) is -0.652. The predicted octanol–water partition coefficient (Wildman–Crippen LogP) is 5.46. The van der Waals surface area contributed by atoms with Crippen molar-refractivity contribution in [1.82, 2.24) is 0 Å². The lowest BCUT2D eigenvalue weighted by Crippen LogP contribution is -2.14. The van der Waals surface area contributed by atoms with Crippen LogP contribution in [-0.2, 0) is 4.79 Å². The van der Waals surface area contributed by atoms with Crippen molar-refractivity contribution in [2.75, 3.05) is 16.4 Å². The standard InChI is InChI=1S/C21H16ClFN2O2S/c22-15-6-10-17(11-7-15)24-20(26)13-28-19-3-1-2-18(12-19)25-21(27)14-4-8-16(23)9-5-14/h1-12H,13H2,(H,24,26)(H,25,27). The van der Waals surface area contributed by atoms with Gasteiger partial charge in [0.1, 0.15) is 5.82 Å². The summed E-state index contributed by atoms with van der Waals surface area (Å²) in [6.07, 6.45) is 0. The molecular weight excluding hydrogens is 399 g/mol. The molecule has 142 valence electrons. The summed E-state index contributed by atoms with van der Waals surface area (Å²) >= 11 is 7.17. The lowest BCUT2D eigenvalue weighted by molar-refractivity contribution is -0.113. The van der Waals surface area contributed by atoms with E-state index in [2.05, 4.69) is 10.6 Å². The number of thioether (sulfide) groups is 1. The van der Waals surface area contributed by atoms with E-state index in [1.165, 1.54) is 36.0 Å². The van der Waals surface area contributed by atoms with Crippen molar-refractivity contribution < 1.29 is 14.0 Å². The van der Waals surface area contributed by atoms with E-state index in [4.69, 9.17) is 11.6 Å². The third kappa shape index (κ3) is 5.84. The second-order valence-electron chi connectivity index (χ2n) is 5.83. The SMILES string of the molecule is O=C(CSc1cccc(NC(=O)c2ccc(F)cc2)c1)Nc1ccc(Cl)cc1. The second kappa shape index (κ2) is 9.39. The Balaban J connectivity index is 1.55. The van der Waals surface area contributed by atoms with Crippen molar-refractivity contribution in [2.45, 2.75) is 4.90 Å². The third-order valence-corrected chi connectivity index (χ3v) is 4.94. The Morgan fingerprint density at radius 2 is 1.61 bits per heavy atom. The van der Waals surface area contributed by atoms with E-state index in [0.717, 1.165) is 4.90 Å². The maximum Gasteiger partial charge on any atom is 0.255 e. The van der Waals surface area contributed by atoms with Crippen LogP contribution in [0, 0.1) is 5.82 Å². The second-order valence-corrected chi connectivity index (χ2v) is 7.32. The van der Waals surface area contributed by atoms with Crippen LogP contribution in [0.1, 0.15) is 10.4 Å². The number of carbonyl (C=O) groups is 2. The Bertz CT molecular complexity index is 978. The van der Waals surface area contributed by atoms with Gasteiger partial charge in [-0.25, -0.2) is 4.39 Å². The molecule has 0 saturated heterocycles. The number of carbonyl (C=O) groups excluding carboxylic acids is 2. The normalized spacial score (nSPS) is 10.4. The Labute approximate surface area is 171 Å². The number of benzene rings is 3. The minimum Gasteiger partial charge on any atom is -0.325 e. The maximum absolute atomic E-state index is 13.0. The van der Waals surface area contributed by atoms with Gasteiger partial charge in [-0.15, -0.1) is 11.8 Å². The molecular formula is C21H16ClFN2O2S. The fourth-order valence-electron chi connectivity index (χ4n) is 2.35. The summed E-state index contributed by atoms with van der Waals surface area (Å²) in [7, 11) is 0. The Kier molecular flexibility index (Phi) is 6.68. The van der Waals surface area contributed by atoms with E-state index < -0.39 is 5.82 Å². The summed E-state index contributed by atoms with van der Waals surface area (Å²) in [5.41, 5.74) is 1.63. The van der Waals surface area contributed by atoms with E-state index >= 15 is 0 Å². The highest BCUT2D eigenvalue weighted by atomic mass is 35.5. The molecule has 2 N–H and O–H groups in total. The summed E-state index contributed by atoms with van der Waals surface area (Å²) in [6.45, 7) is 0. The van der Waals surface area contributed by atoms with Gasteiger partial charge in [-0.3, -0.25) is 9.59 Å². The lowest BCUT2D eigenvalue weighted by atomic mass is 10.2. The molecule has 2 amide bonds. The first-order chi connectivity index (χ1) is 13.5. The molecule has 0 unspecified atom stereocenters. The third-order valence-electron chi connectivity index (χ3n) is 3.70. The fraction of sp³-hybridized carbons (Fsp3) is 0.0476. The first kappa shape index (κ1) is 19.9. The quantitative estimate of drug-likeness (QED) is 0.526. The van der Waals surface area contributed by atoms with E-state index in [-0.39, 0.29) is 17.6 Å². The zero-order valence-corrected chi connectivity index (χ0v) is 16.2. The molecule has 0 saturated carbocycles. The van der Waals surface area contributed by atoms with Crippen LogP contribution in [0.3, 0.4) is 0 Å². The molecule has 3 rings (SSSR count). The molecule has 3 aromatic rings. The average Bonchev–Trinajstić information content (AvgIpc) is 2.69. The van der Waals surface area contributed by atoms with Crippen LogP contribution in [0.15, 0.2) is 77.7 Å². The van der Waals surface area contributed by atoms with Gasteiger partial charge in [-0.05, 0) is 66.7 Å². The van der Waals surface area contributed by atoms with Gasteiger partial charge < -0.3 is 10.6 Å². The average molecular weight is 415 g/mol. The molecule has 4 nitrogen and oxygen atoms in total. The van der Waals surface area contributed by atoms with Gasteiger partial charge in [0.05, 0.1) is 5.75 Å². The minimum atomic E-state index is -0.396. The smallest absolute Gasteiger partial charge is 0.255 e. The molecule has 0 radical (unpaired) electrons. The van der Waals surface area contributed by atoms with E-state index in [1.807, 2.05) is 6.07 Å². The number of halogens is 2. The molecule has 3 aromatic carbocycles. The highest BCUT2D eigenvalue weighted by Gasteiger charge is 2.08. The molecule has 0 aliphatic carbocycles. The van der Waals surface area contributed by atoms with Crippen molar-refractivity contribution in [2.24, 2.45) is 0 Å². The molecule has 28 heavy (non-hydrogen) atoms. The van der Waals surface area contributed by atoms with Crippen LogP contribution in [0.2, 0.25) is 5.02 Å². The van der Waals surface area contributed by atoms with Crippen molar-refractivity contribution in [1.29, 1.82) is 0 Å². The summed E-state index contributed by atoms with van der Waals surface area (Å²) in [5, 5.41) is 6.16. The predicted molar refractivity (Wildman–Crippen MR) is 112 cm³/mol. The van der Waals surface area contributed by atoms with Gasteiger partial charge >= 0.3 is 0 Å². The largest absolute Gasteiger partial charge is 0.325 e. The molecule has 0 atom stereocenters. The Morgan fingerprint density at radius 1 is 0.893 bits per heavy atom. The van der Waals surface area contributed by atoms with Crippen molar-refractivity contribution in [3.63, 3.8) is 0 Å². The topological polar surface area (TPSA) is 58.2 Å². The van der Waals surface area contributed by atoms with Gasteiger partial charge in [-0.2, -0.15) is 0 Å². The van der Waals surface area contributed by atoms with Crippen LogP contribution < -0.4 is 10.6 Å². The number of anilines is 2. The monoisotopic (exact) mass is 414 g/mol. The van der Waals surface area contributed by atoms with Crippen molar-refractivity contribution in [3.05, 3.63) is 89.2 Å².